The molecular weight excluding hydrogens is 439 g/mol. The first-order valence-electron chi connectivity index (χ1n) is 10.6. The van der Waals surface area contributed by atoms with E-state index in [0.29, 0.717) is 28.3 Å². The lowest BCUT2D eigenvalue weighted by Crippen LogP contribution is -2.19. The summed E-state index contributed by atoms with van der Waals surface area (Å²) < 4.78 is 30.0. The lowest BCUT2D eigenvalue weighted by atomic mass is 9.97. The lowest BCUT2D eigenvalue weighted by Gasteiger charge is -2.25. The lowest BCUT2D eigenvalue weighted by molar-refractivity contribution is 0.388. The fraction of sp³-hybridized carbons (Fsp3) is 0.154. The maximum absolute atomic E-state index is 13.6. The van der Waals surface area contributed by atoms with Crippen molar-refractivity contribution in [3.05, 3.63) is 94.1 Å². The van der Waals surface area contributed by atoms with E-state index in [1.165, 1.54) is 12.1 Å². The largest absolute Gasteiger partial charge is 0.506 e. The number of hydrogen-bond acceptors (Lipinski definition) is 7. The molecule has 1 N–H and O–H groups in total. The number of aromatic hydroxyl groups is 1. The smallest absolute Gasteiger partial charge is 0.349 e. The van der Waals surface area contributed by atoms with Gasteiger partial charge in [0.1, 0.15) is 34.2 Å². The number of anilines is 1. The fourth-order valence-electron chi connectivity index (χ4n) is 4.22. The molecule has 0 saturated heterocycles. The zero-order valence-electron chi connectivity index (χ0n) is 18.5. The number of ether oxygens (including phenoxy) is 2. The quantitative estimate of drug-likeness (QED) is 0.422. The summed E-state index contributed by atoms with van der Waals surface area (Å²) in [6, 6.07) is 17.7. The van der Waals surface area contributed by atoms with Gasteiger partial charge in [-0.25, -0.2) is 9.18 Å². The van der Waals surface area contributed by atoms with Crippen LogP contribution in [0.4, 0.5) is 10.1 Å². The summed E-state index contributed by atoms with van der Waals surface area (Å²) in [6.07, 6.45) is 0.275. The highest BCUT2D eigenvalue weighted by molar-refractivity contribution is 6.08. The topological polar surface area (TPSA) is 84.5 Å². The van der Waals surface area contributed by atoms with E-state index < -0.39 is 11.7 Å². The van der Waals surface area contributed by atoms with E-state index in [4.69, 9.17) is 13.9 Å². The van der Waals surface area contributed by atoms with Crippen LogP contribution < -0.4 is 20.1 Å². The third-order valence-electron chi connectivity index (χ3n) is 5.88. The Balaban J connectivity index is 1.67. The maximum Gasteiger partial charge on any atom is 0.349 e. The summed E-state index contributed by atoms with van der Waals surface area (Å²) in [7, 11) is 3.12. The number of fused-ring (bicyclic) bond motifs is 1. The van der Waals surface area contributed by atoms with Crippen molar-refractivity contribution < 1.29 is 23.4 Å². The van der Waals surface area contributed by atoms with E-state index in [1.54, 1.807) is 67.8 Å². The number of hydrazone groups is 1. The van der Waals surface area contributed by atoms with Crippen LogP contribution >= 0.6 is 0 Å². The number of benzene rings is 3. The number of halogens is 1. The van der Waals surface area contributed by atoms with Crippen LogP contribution in [0.25, 0.3) is 11.0 Å². The van der Waals surface area contributed by atoms with E-state index in [9.17, 15) is 14.3 Å². The van der Waals surface area contributed by atoms with Gasteiger partial charge in [-0.1, -0.05) is 12.1 Å². The minimum atomic E-state index is -0.684. The molecule has 4 aromatic rings. The molecule has 2 heterocycles. The standard InChI is InChI=1S/C26H21FN2O5/c1-32-17-11-12-18(23(13-17)33-2)21-14-20(28-29(21)16-9-7-15(27)8-10-16)24-25(30)19-5-3-4-6-22(19)34-26(24)31/h3-13,21,30H,14H2,1-2H3. The van der Waals surface area contributed by atoms with Crippen molar-refractivity contribution in [3.63, 3.8) is 0 Å². The molecule has 1 aliphatic heterocycles. The van der Waals surface area contributed by atoms with Crippen molar-refractivity contribution in [3.8, 4) is 17.2 Å². The zero-order chi connectivity index (χ0) is 23.8. The molecule has 0 amide bonds. The summed E-state index contributed by atoms with van der Waals surface area (Å²) in [5.74, 6) is 0.633. The van der Waals surface area contributed by atoms with Gasteiger partial charge in [-0.15, -0.1) is 0 Å². The average molecular weight is 460 g/mol. The Morgan fingerprint density at radius 2 is 1.82 bits per heavy atom. The Morgan fingerprint density at radius 3 is 2.56 bits per heavy atom. The predicted octanol–water partition coefficient (Wildman–Crippen LogP) is 5.01. The Kier molecular flexibility index (Phi) is 5.41. The molecule has 0 radical (unpaired) electrons. The maximum atomic E-state index is 13.6. The molecule has 3 aromatic carbocycles. The van der Waals surface area contributed by atoms with Gasteiger partial charge in [-0.2, -0.15) is 5.10 Å². The summed E-state index contributed by atoms with van der Waals surface area (Å²) in [5, 5.41) is 17.7. The van der Waals surface area contributed by atoms with Gasteiger partial charge in [-0.3, -0.25) is 5.01 Å². The number of nitrogens with zero attached hydrogens (tertiary/aromatic N) is 2. The molecule has 34 heavy (non-hydrogen) atoms. The van der Waals surface area contributed by atoms with Crippen molar-refractivity contribution in [2.24, 2.45) is 5.10 Å². The van der Waals surface area contributed by atoms with Crippen molar-refractivity contribution >= 4 is 22.4 Å². The third kappa shape index (κ3) is 3.63. The van der Waals surface area contributed by atoms with Crippen molar-refractivity contribution in [1.82, 2.24) is 0 Å². The highest BCUT2D eigenvalue weighted by Gasteiger charge is 2.35. The Morgan fingerprint density at radius 1 is 1.06 bits per heavy atom. The Bertz CT molecular complexity index is 1460. The SMILES string of the molecule is COc1ccc(C2CC(c3c(O)c4ccccc4oc3=O)=NN2c2ccc(F)cc2)c(OC)c1. The van der Waals surface area contributed by atoms with Gasteiger partial charge in [0.2, 0.25) is 0 Å². The highest BCUT2D eigenvalue weighted by Crippen LogP contribution is 2.42. The monoisotopic (exact) mass is 460 g/mol. The summed E-state index contributed by atoms with van der Waals surface area (Å²) in [4.78, 5) is 12.9. The minimum absolute atomic E-state index is 0.000732. The second kappa shape index (κ2) is 8.55. The Labute approximate surface area is 194 Å². The normalized spacial score (nSPS) is 15.4. The van der Waals surface area contributed by atoms with Crippen molar-refractivity contribution in [2.45, 2.75) is 12.5 Å². The van der Waals surface area contributed by atoms with Gasteiger partial charge in [0, 0.05) is 18.1 Å². The number of hydrogen-bond donors (Lipinski definition) is 1. The van der Waals surface area contributed by atoms with Crippen LogP contribution in [0, 0.1) is 5.82 Å². The molecule has 1 atom stereocenters. The van der Waals surface area contributed by atoms with Crippen molar-refractivity contribution in [2.75, 3.05) is 19.2 Å². The summed E-state index contributed by atoms with van der Waals surface area (Å²) in [6.45, 7) is 0. The van der Waals surface area contributed by atoms with E-state index >= 15 is 0 Å². The van der Waals surface area contributed by atoms with Crippen LogP contribution in [0.5, 0.6) is 17.2 Å². The molecule has 1 aromatic heterocycles. The van der Waals surface area contributed by atoms with Crippen LogP contribution in [-0.2, 0) is 0 Å². The van der Waals surface area contributed by atoms with Crippen LogP contribution in [0.2, 0.25) is 0 Å². The van der Waals surface area contributed by atoms with Crippen LogP contribution in [0.3, 0.4) is 0 Å². The van der Waals surface area contributed by atoms with Gasteiger partial charge >= 0.3 is 5.63 Å². The molecule has 0 bridgehead atoms. The fourth-order valence-corrected chi connectivity index (χ4v) is 4.22. The second-order valence-corrected chi connectivity index (χ2v) is 7.80. The molecule has 7 nitrogen and oxygen atoms in total. The summed E-state index contributed by atoms with van der Waals surface area (Å²) in [5.41, 5.74) is 1.36. The van der Waals surface area contributed by atoms with Crippen LogP contribution in [0.15, 0.2) is 81.0 Å². The molecule has 0 fully saturated rings. The molecule has 0 saturated carbocycles. The highest BCUT2D eigenvalue weighted by atomic mass is 19.1. The Hall–Kier alpha value is -4.33. The van der Waals surface area contributed by atoms with Gasteiger partial charge in [0.25, 0.3) is 0 Å². The predicted molar refractivity (Wildman–Crippen MR) is 126 cm³/mol. The average Bonchev–Trinajstić information content (AvgIpc) is 3.28. The number of para-hydroxylation sites is 1. The third-order valence-corrected chi connectivity index (χ3v) is 5.88. The molecule has 0 aliphatic carbocycles. The van der Waals surface area contributed by atoms with Crippen molar-refractivity contribution in [1.29, 1.82) is 0 Å². The van der Waals surface area contributed by atoms with Gasteiger partial charge in [0.15, 0.2) is 0 Å². The minimum Gasteiger partial charge on any atom is -0.506 e. The zero-order valence-corrected chi connectivity index (χ0v) is 18.5. The first-order valence-corrected chi connectivity index (χ1v) is 10.6. The molecule has 8 heteroatoms. The second-order valence-electron chi connectivity index (χ2n) is 7.80. The molecule has 5 rings (SSSR count). The first-order chi connectivity index (χ1) is 16.5. The molecular formula is C26H21FN2O5. The molecule has 0 spiro atoms. The molecule has 172 valence electrons. The molecule has 1 unspecified atom stereocenters. The van der Waals surface area contributed by atoms with Gasteiger partial charge < -0.3 is 19.0 Å². The van der Waals surface area contributed by atoms with E-state index in [2.05, 4.69) is 5.10 Å². The summed E-state index contributed by atoms with van der Waals surface area (Å²) >= 11 is 0. The van der Waals surface area contributed by atoms with Crippen LogP contribution in [-0.4, -0.2) is 25.0 Å². The van der Waals surface area contributed by atoms with E-state index in [-0.39, 0.29) is 29.1 Å². The number of methoxy groups -OCH3 is 2. The first kappa shape index (κ1) is 21.5. The molecule has 1 aliphatic rings. The van der Waals surface area contributed by atoms with E-state index in [0.717, 1.165) is 5.56 Å². The van der Waals surface area contributed by atoms with E-state index in [1.807, 2.05) is 6.07 Å². The van der Waals surface area contributed by atoms with Gasteiger partial charge in [-0.05, 0) is 48.5 Å². The van der Waals surface area contributed by atoms with Crippen LogP contribution in [0.1, 0.15) is 23.6 Å². The van der Waals surface area contributed by atoms with Gasteiger partial charge in [0.05, 0.1) is 37.0 Å². The number of rotatable bonds is 5.